The van der Waals surface area contributed by atoms with Gasteiger partial charge >= 0.3 is 0 Å². The summed E-state index contributed by atoms with van der Waals surface area (Å²) in [5, 5.41) is 6.82. The van der Waals surface area contributed by atoms with E-state index in [0.717, 1.165) is 56.4 Å². The van der Waals surface area contributed by atoms with Crippen LogP contribution in [0, 0.1) is 12.8 Å². The fraction of sp³-hybridized carbons (Fsp3) is 0.480. The van der Waals surface area contributed by atoms with Gasteiger partial charge in [0.25, 0.3) is 0 Å². The van der Waals surface area contributed by atoms with Crippen molar-refractivity contribution in [1.82, 2.24) is 15.6 Å². The number of carbonyl (C=O) groups excluding carboxylic acids is 1. The third kappa shape index (κ3) is 7.87. The lowest BCUT2D eigenvalue weighted by molar-refractivity contribution is -0.122. The molecule has 2 aromatic rings. The van der Waals surface area contributed by atoms with E-state index in [4.69, 9.17) is 10.7 Å². The van der Waals surface area contributed by atoms with Crippen LogP contribution < -0.4 is 21.3 Å². The van der Waals surface area contributed by atoms with Gasteiger partial charge in [-0.15, -0.1) is 24.0 Å². The van der Waals surface area contributed by atoms with Crippen molar-refractivity contribution in [3.8, 4) is 0 Å². The van der Waals surface area contributed by atoms with Gasteiger partial charge in [0.05, 0.1) is 6.54 Å². The Balaban J connectivity index is 0.00000385. The number of halogens is 1. The smallest absolute Gasteiger partial charge is 0.220 e. The zero-order valence-corrected chi connectivity index (χ0v) is 22.2. The van der Waals surface area contributed by atoms with Gasteiger partial charge in [-0.3, -0.25) is 4.79 Å². The number of benzene rings is 1. The SMILES string of the molecule is CCNC(=NCc1cccnc1N1CCC(C(N)=O)CC1)NCC(C)c1cccc(C)c1.I. The van der Waals surface area contributed by atoms with Crippen molar-refractivity contribution in [2.24, 2.45) is 16.6 Å². The molecule has 0 aliphatic carbocycles. The van der Waals surface area contributed by atoms with E-state index in [1.165, 1.54) is 11.1 Å². The van der Waals surface area contributed by atoms with Crippen LogP contribution in [0.2, 0.25) is 0 Å². The zero-order chi connectivity index (χ0) is 22.9. The van der Waals surface area contributed by atoms with E-state index >= 15 is 0 Å². The van der Waals surface area contributed by atoms with Crippen LogP contribution in [0.25, 0.3) is 0 Å². The first-order chi connectivity index (χ1) is 15.5. The van der Waals surface area contributed by atoms with Gasteiger partial charge < -0.3 is 21.3 Å². The van der Waals surface area contributed by atoms with Crippen molar-refractivity contribution in [3.05, 3.63) is 59.3 Å². The van der Waals surface area contributed by atoms with Crippen LogP contribution in [0.15, 0.2) is 47.6 Å². The van der Waals surface area contributed by atoms with Gasteiger partial charge in [-0.1, -0.05) is 42.8 Å². The number of primary amides is 1. The number of guanidine groups is 1. The summed E-state index contributed by atoms with van der Waals surface area (Å²) in [6.45, 7) is 10.1. The fourth-order valence-electron chi connectivity index (χ4n) is 4.06. The summed E-state index contributed by atoms with van der Waals surface area (Å²) in [7, 11) is 0. The number of anilines is 1. The van der Waals surface area contributed by atoms with Crippen molar-refractivity contribution in [1.29, 1.82) is 0 Å². The molecule has 180 valence electrons. The number of carbonyl (C=O) groups is 1. The van der Waals surface area contributed by atoms with Gasteiger partial charge in [0.2, 0.25) is 5.91 Å². The summed E-state index contributed by atoms with van der Waals surface area (Å²) in [6, 6.07) is 12.7. The van der Waals surface area contributed by atoms with Gasteiger partial charge in [-0.2, -0.15) is 0 Å². The summed E-state index contributed by atoms with van der Waals surface area (Å²) in [4.78, 5) is 23.2. The molecule has 2 heterocycles. The van der Waals surface area contributed by atoms with Gasteiger partial charge in [0.1, 0.15) is 5.82 Å². The van der Waals surface area contributed by atoms with Crippen LogP contribution in [0.3, 0.4) is 0 Å². The number of nitrogens with one attached hydrogen (secondary N) is 2. The Bertz CT molecular complexity index is 927. The highest BCUT2D eigenvalue weighted by atomic mass is 127. The highest BCUT2D eigenvalue weighted by molar-refractivity contribution is 14.0. The van der Waals surface area contributed by atoms with Crippen LogP contribution in [-0.4, -0.2) is 43.0 Å². The van der Waals surface area contributed by atoms with Crippen molar-refractivity contribution in [2.45, 2.75) is 46.1 Å². The van der Waals surface area contributed by atoms with Crippen LogP contribution in [0.1, 0.15) is 49.3 Å². The lowest BCUT2D eigenvalue weighted by Crippen LogP contribution is -2.40. The molecule has 0 spiro atoms. The molecular weight excluding hydrogens is 527 g/mol. The molecule has 1 amide bonds. The van der Waals surface area contributed by atoms with E-state index in [9.17, 15) is 4.79 Å². The van der Waals surface area contributed by atoms with Crippen molar-refractivity contribution < 1.29 is 4.79 Å². The van der Waals surface area contributed by atoms with Crippen molar-refractivity contribution in [2.75, 3.05) is 31.1 Å². The largest absolute Gasteiger partial charge is 0.369 e. The van der Waals surface area contributed by atoms with Crippen molar-refractivity contribution >= 4 is 41.7 Å². The number of nitrogens with two attached hydrogens (primary N) is 1. The topological polar surface area (TPSA) is 95.6 Å². The second-order valence-electron chi connectivity index (χ2n) is 8.54. The van der Waals surface area contributed by atoms with Gasteiger partial charge in [-0.05, 0) is 44.2 Å². The van der Waals surface area contributed by atoms with Crippen LogP contribution >= 0.6 is 24.0 Å². The first-order valence-corrected chi connectivity index (χ1v) is 11.5. The quantitative estimate of drug-likeness (QED) is 0.259. The standard InChI is InChI=1S/C25H36N6O.HI/c1-4-27-25(29-16-19(3)21-8-5-7-18(2)15-21)30-17-22-9-6-12-28-24(22)31-13-10-20(11-14-31)23(26)32;/h5-9,12,15,19-20H,4,10-11,13-14,16-17H2,1-3H3,(H2,26,32)(H2,27,29,30);1H. The molecule has 1 atom stereocenters. The molecule has 0 radical (unpaired) electrons. The van der Waals surface area contributed by atoms with Crippen LogP contribution in [0.5, 0.6) is 0 Å². The van der Waals surface area contributed by atoms with Crippen molar-refractivity contribution in [3.63, 3.8) is 0 Å². The molecule has 0 saturated carbocycles. The summed E-state index contributed by atoms with van der Waals surface area (Å²) < 4.78 is 0. The lowest BCUT2D eigenvalue weighted by Gasteiger charge is -2.32. The summed E-state index contributed by atoms with van der Waals surface area (Å²) in [6.07, 6.45) is 3.36. The Morgan fingerprint density at radius 3 is 2.67 bits per heavy atom. The number of nitrogens with zero attached hydrogens (tertiary/aromatic N) is 3. The second kappa shape index (κ2) is 13.4. The molecule has 1 unspecified atom stereocenters. The van der Waals surface area contributed by atoms with Gasteiger partial charge in [-0.25, -0.2) is 9.98 Å². The molecule has 1 saturated heterocycles. The number of piperidine rings is 1. The maximum absolute atomic E-state index is 11.5. The summed E-state index contributed by atoms with van der Waals surface area (Å²) >= 11 is 0. The lowest BCUT2D eigenvalue weighted by atomic mass is 9.96. The Morgan fingerprint density at radius 1 is 1.24 bits per heavy atom. The number of aromatic nitrogens is 1. The third-order valence-corrected chi connectivity index (χ3v) is 6.00. The minimum Gasteiger partial charge on any atom is -0.369 e. The fourth-order valence-corrected chi connectivity index (χ4v) is 4.06. The number of aliphatic imine (C=N–C) groups is 1. The molecule has 8 heteroatoms. The molecule has 0 bridgehead atoms. The minimum atomic E-state index is -0.197. The molecule has 1 fully saturated rings. The number of hydrogen-bond acceptors (Lipinski definition) is 4. The molecule has 1 aliphatic heterocycles. The summed E-state index contributed by atoms with van der Waals surface area (Å²) in [5.74, 6) is 1.89. The van der Waals surface area contributed by atoms with Gasteiger partial charge in [0, 0.05) is 43.9 Å². The van der Waals surface area contributed by atoms with E-state index in [1.54, 1.807) is 0 Å². The first kappa shape index (κ1) is 26.9. The molecule has 1 aromatic heterocycles. The van der Waals surface area contributed by atoms with Crippen LogP contribution in [-0.2, 0) is 11.3 Å². The van der Waals surface area contributed by atoms with E-state index in [0.29, 0.717) is 12.5 Å². The Kier molecular flexibility index (Phi) is 10.9. The van der Waals surface area contributed by atoms with Gasteiger partial charge in [0.15, 0.2) is 5.96 Å². The molecule has 7 nitrogen and oxygen atoms in total. The Hall–Kier alpha value is -2.36. The average Bonchev–Trinajstić information content (AvgIpc) is 2.81. The molecule has 1 aliphatic rings. The number of hydrogen-bond donors (Lipinski definition) is 3. The maximum atomic E-state index is 11.5. The van der Waals surface area contributed by atoms with E-state index in [1.807, 2.05) is 12.3 Å². The van der Waals surface area contributed by atoms with E-state index in [2.05, 4.69) is 71.6 Å². The molecule has 33 heavy (non-hydrogen) atoms. The highest BCUT2D eigenvalue weighted by Crippen LogP contribution is 2.25. The summed E-state index contributed by atoms with van der Waals surface area (Å²) in [5.41, 5.74) is 9.16. The Morgan fingerprint density at radius 2 is 2.00 bits per heavy atom. The monoisotopic (exact) mass is 564 g/mol. The minimum absolute atomic E-state index is 0. The number of pyridine rings is 1. The number of rotatable bonds is 8. The predicted molar refractivity (Wildman–Crippen MR) is 146 cm³/mol. The normalized spacial score (nSPS) is 15.5. The molecule has 4 N–H and O–H groups in total. The molecular formula is C25H37IN6O. The van der Waals surface area contributed by atoms with E-state index < -0.39 is 0 Å². The molecule has 3 rings (SSSR count). The number of aryl methyl sites for hydroxylation is 1. The first-order valence-electron chi connectivity index (χ1n) is 11.5. The Labute approximate surface area is 214 Å². The molecule has 1 aromatic carbocycles. The third-order valence-electron chi connectivity index (χ3n) is 6.00. The highest BCUT2D eigenvalue weighted by Gasteiger charge is 2.24. The van der Waals surface area contributed by atoms with Crippen LogP contribution in [0.4, 0.5) is 5.82 Å². The maximum Gasteiger partial charge on any atom is 0.220 e. The zero-order valence-electron chi connectivity index (χ0n) is 19.9. The average molecular weight is 565 g/mol. The van der Waals surface area contributed by atoms with E-state index in [-0.39, 0.29) is 35.8 Å². The second-order valence-corrected chi connectivity index (χ2v) is 8.54. The predicted octanol–water partition coefficient (Wildman–Crippen LogP) is 3.57. The number of amides is 1.